The molecule has 22 heavy (non-hydrogen) atoms. The van der Waals surface area contributed by atoms with Gasteiger partial charge in [0.1, 0.15) is 0 Å². The highest BCUT2D eigenvalue weighted by atomic mass is 32.1. The van der Waals surface area contributed by atoms with Gasteiger partial charge in [-0.1, -0.05) is 36.4 Å². The third-order valence-electron chi connectivity index (χ3n) is 3.68. The van der Waals surface area contributed by atoms with Crippen molar-refractivity contribution in [2.75, 3.05) is 6.61 Å². The zero-order valence-corrected chi connectivity index (χ0v) is 13.5. The van der Waals surface area contributed by atoms with E-state index in [9.17, 15) is 5.11 Å². The summed E-state index contributed by atoms with van der Waals surface area (Å²) in [4.78, 5) is 2.42. The number of benzene rings is 2. The summed E-state index contributed by atoms with van der Waals surface area (Å²) in [5, 5.41) is 12.0. The second-order valence-electron chi connectivity index (χ2n) is 5.10. The van der Waals surface area contributed by atoms with Gasteiger partial charge in [0.2, 0.25) is 0 Å². The lowest BCUT2D eigenvalue weighted by atomic mass is 10.1. The van der Waals surface area contributed by atoms with Crippen molar-refractivity contribution in [1.82, 2.24) is 0 Å². The topological polar surface area (TPSA) is 20.2 Å². The maximum absolute atomic E-state index is 9.44. The molecule has 0 amide bonds. The zero-order chi connectivity index (χ0) is 14.9. The maximum atomic E-state index is 9.44. The first-order valence-electron chi connectivity index (χ1n) is 7.14. The van der Waals surface area contributed by atoms with Gasteiger partial charge in [0.25, 0.3) is 0 Å². The van der Waals surface area contributed by atoms with E-state index in [-0.39, 0.29) is 6.61 Å². The minimum absolute atomic E-state index is 0.0534. The molecule has 0 spiro atoms. The lowest BCUT2D eigenvalue weighted by molar-refractivity contribution is 0.343. The molecule has 4 rings (SSSR count). The van der Waals surface area contributed by atoms with Gasteiger partial charge in [-0.3, -0.25) is 0 Å². The highest BCUT2D eigenvalue weighted by Crippen LogP contribution is 2.38. The SMILES string of the molecule is OCC=C(c1cc2ccccc2s1)c1cc2ccccc2s1. The van der Waals surface area contributed by atoms with E-state index in [1.807, 2.05) is 6.08 Å². The molecule has 2 aromatic carbocycles. The number of aliphatic hydroxyl groups excluding tert-OH is 1. The maximum Gasteiger partial charge on any atom is 0.0622 e. The van der Waals surface area contributed by atoms with Crippen molar-refractivity contribution in [1.29, 1.82) is 0 Å². The Balaban J connectivity index is 1.88. The van der Waals surface area contributed by atoms with E-state index in [1.165, 1.54) is 29.9 Å². The predicted octanol–water partition coefficient (Wildman–Crippen LogP) is 5.54. The Hall–Kier alpha value is -1.94. The smallest absolute Gasteiger partial charge is 0.0622 e. The Morgan fingerprint density at radius 2 is 1.32 bits per heavy atom. The van der Waals surface area contributed by atoms with Crippen LogP contribution < -0.4 is 0 Å². The number of aliphatic hydroxyl groups is 1. The summed E-state index contributed by atoms with van der Waals surface area (Å²) < 4.78 is 2.56. The zero-order valence-electron chi connectivity index (χ0n) is 11.8. The molecule has 0 atom stereocenters. The van der Waals surface area contributed by atoms with Crippen LogP contribution in [0.3, 0.4) is 0 Å². The summed E-state index contributed by atoms with van der Waals surface area (Å²) in [7, 11) is 0. The van der Waals surface area contributed by atoms with Crippen molar-refractivity contribution in [3.63, 3.8) is 0 Å². The third kappa shape index (κ3) is 2.37. The van der Waals surface area contributed by atoms with Crippen molar-refractivity contribution in [2.45, 2.75) is 0 Å². The van der Waals surface area contributed by atoms with E-state index >= 15 is 0 Å². The van der Waals surface area contributed by atoms with Crippen LogP contribution >= 0.6 is 22.7 Å². The van der Waals surface area contributed by atoms with E-state index in [1.54, 1.807) is 22.7 Å². The van der Waals surface area contributed by atoms with Crippen LogP contribution in [-0.2, 0) is 0 Å². The van der Waals surface area contributed by atoms with Crippen LogP contribution in [0.4, 0.5) is 0 Å². The van der Waals surface area contributed by atoms with Gasteiger partial charge >= 0.3 is 0 Å². The van der Waals surface area contributed by atoms with E-state index in [0.29, 0.717) is 0 Å². The first-order valence-corrected chi connectivity index (χ1v) is 8.77. The van der Waals surface area contributed by atoms with Crippen LogP contribution in [-0.4, -0.2) is 11.7 Å². The van der Waals surface area contributed by atoms with Gasteiger partial charge in [-0.15, -0.1) is 22.7 Å². The molecule has 0 aliphatic rings. The summed E-state index contributed by atoms with van der Waals surface area (Å²) in [6.45, 7) is 0.0534. The first-order chi connectivity index (χ1) is 10.8. The monoisotopic (exact) mass is 322 g/mol. The molecule has 3 heteroatoms. The second-order valence-corrected chi connectivity index (χ2v) is 7.26. The summed E-state index contributed by atoms with van der Waals surface area (Å²) in [5.74, 6) is 0. The standard InChI is InChI=1S/C19H14OS2/c20-10-9-15(18-11-13-5-1-3-7-16(13)21-18)19-12-14-6-2-4-8-17(14)22-19/h1-9,11-12,20H,10H2. The Morgan fingerprint density at radius 1 is 0.818 bits per heavy atom. The van der Waals surface area contributed by atoms with Crippen molar-refractivity contribution in [3.05, 3.63) is 76.5 Å². The Labute approximate surface area is 136 Å². The molecule has 2 aromatic heterocycles. The molecule has 0 radical (unpaired) electrons. The number of thiophene rings is 2. The van der Waals surface area contributed by atoms with Crippen LogP contribution in [0.2, 0.25) is 0 Å². The largest absolute Gasteiger partial charge is 0.392 e. The van der Waals surface area contributed by atoms with Gasteiger partial charge in [-0.25, -0.2) is 0 Å². The summed E-state index contributed by atoms with van der Waals surface area (Å²) >= 11 is 3.55. The fourth-order valence-corrected chi connectivity index (χ4v) is 4.94. The highest BCUT2D eigenvalue weighted by Gasteiger charge is 2.12. The van der Waals surface area contributed by atoms with E-state index < -0.39 is 0 Å². The summed E-state index contributed by atoms with van der Waals surface area (Å²) in [6.07, 6.45) is 1.91. The molecule has 4 aromatic rings. The number of rotatable bonds is 3. The van der Waals surface area contributed by atoms with Crippen molar-refractivity contribution in [3.8, 4) is 0 Å². The first kappa shape index (κ1) is 13.7. The summed E-state index contributed by atoms with van der Waals surface area (Å²) in [6, 6.07) is 21.2. The molecule has 0 unspecified atom stereocenters. The molecule has 0 fully saturated rings. The predicted molar refractivity (Wildman–Crippen MR) is 97.8 cm³/mol. The molecular formula is C19H14OS2. The Bertz CT molecular complexity index is 833. The van der Waals surface area contributed by atoms with Crippen LogP contribution in [0.1, 0.15) is 9.75 Å². The lowest BCUT2D eigenvalue weighted by Gasteiger charge is -2.01. The molecule has 0 aliphatic carbocycles. The third-order valence-corrected chi connectivity index (χ3v) is 5.98. The van der Waals surface area contributed by atoms with Gasteiger partial charge in [0.15, 0.2) is 0 Å². The minimum atomic E-state index is 0.0534. The van der Waals surface area contributed by atoms with Crippen LogP contribution in [0, 0.1) is 0 Å². The Morgan fingerprint density at radius 3 is 1.77 bits per heavy atom. The lowest BCUT2D eigenvalue weighted by Crippen LogP contribution is -1.83. The fraction of sp³-hybridized carbons (Fsp3) is 0.0526. The quantitative estimate of drug-likeness (QED) is 0.525. The fourth-order valence-electron chi connectivity index (χ4n) is 2.64. The van der Waals surface area contributed by atoms with E-state index in [0.717, 1.165) is 5.57 Å². The van der Waals surface area contributed by atoms with Crippen molar-refractivity contribution in [2.24, 2.45) is 0 Å². The molecule has 0 saturated heterocycles. The van der Waals surface area contributed by atoms with Gasteiger partial charge < -0.3 is 5.11 Å². The molecule has 1 nitrogen and oxygen atoms in total. The van der Waals surface area contributed by atoms with E-state index in [4.69, 9.17) is 0 Å². The van der Waals surface area contributed by atoms with Crippen LogP contribution in [0.25, 0.3) is 25.7 Å². The molecule has 1 N–H and O–H groups in total. The van der Waals surface area contributed by atoms with Gasteiger partial charge in [-0.05, 0) is 41.1 Å². The molecule has 0 aliphatic heterocycles. The van der Waals surface area contributed by atoms with Crippen LogP contribution in [0.15, 0.2) is 66.7 Å². The summed E-state index contributed by atoms with van der Waals surface area (Å²) in [5.41, 5.74) is 1.13. The van der Waals surface area contributed by atoms with Gasteiger partial charge in [0, 0.05) is 24.7 Å². The number of hydrogen-bond acceptors (Lipinski definition) is 3. The molecule has 0 saturated carbocycles. The number of fused-ring (bicyclic) bond motifs is 2. The molecule has 108 valence electrons. The van der Waals surface area contributed by atoms with Crippen molar-refractivity contribution < 1.29 is 5.11 Å². The molecule has 2 heterocycles. The average Bonchev–Trinajstić information content (AvgIpc) is 3.15. The van der Waals surface area contributed by atoms with Crippen LogP contribution in [0.5, 0.6) is 0 Å². The van der Waals surface area contributed by atoms with Gasteiger partial charge in [0.05, 0.1) is 6.61 Å². The highest BCUT2D eigenvalue weighted by molar-refractivity contribution is 7.22. The average molecular weight is 322 g/mol. The van der Waals surface area contributed by atoms with E-state index in [2.05, 4.69) is 60.7 Å². The molecular weight excluding hydrogens is 308 g/mol. The minimum Gasteiger partial charge on any atom is -0.392 e. The van der Waals surface area contributed by atoms with Crippen molar-refractivity contribution >= 4 is 48.4 Å². The van der Waals surface area contributed by atoms with Gasteiger partial charge in [-0.2, -0.15) is 0 Å². The molecule has 0 bridgehead atoms. The Kier molecular flexibility index (Phi) is 3.54. The second kappa shape index (κ2) is 5.69. The normalized spacial score (nSPS) is 11.1. The number of hydrogen-bond donors (Lipinski definition) is 1.